The van der Waals surface area contributed by atoms with Crippen LogP contribution in [0.1, 0.15) is 30.1 Å². The molecule has 3 N–H and O–H groups in total. The lowest BCUT2D eigenvalue weighted by Crippen LogP contribution is -2.13. The Morgan fingerprint density at radius 2 is 2.17 bits per heavy atom. The number of hydrogen-bond donors (Lipinski definition) is 2. The number of aryl methyl sites for hydroxylation is 1. The lowest BCUT2D eigenvalue weighted by molar-refractivity contribution is -0.137. The van der Waals surface area contributed by atoms with Crippen LogP contribution >= 0.6 is 0 Å². The number of pyridine rings is 1. The summed E-state index contributed by atoms with van der Waals surface area (Å²) in [6.45, 7) is 1.92. The smallest absolute Gasteiger partial charge is 0.303 e. The largest absolute Gasteiger partial charge is 0.481 e. The summed E-state index contributed by atoms with van der Waals surface area (Å²) in [6, 6.07) is 9.45. The molecule has 4 heteroatoms. The molecule has 94 valence electrons. The number of aliphatic carboxylic acids is 1. The first-order chi connectivity index (χ1) is 8.58. The van der Waals surface area contributed by atoms with E-state index in [9.17, 15) is 4.79 Å². The number of carbonyl (C=O) groups is 1. The van der Waals surface area contributed by atoms with Gasteiger partial charge in [0.1, 0.15) is 0 Å². The van der Waals surface area contributed by atoms with Gasteiger partial charge in [-0.15, -0.1) is 0 Å². The van der Waals surface area contributed by atoms with Gasteiger partial charge < -0.3 is 10.8 Å². The normalized spacial score (nSPS) is 12.6. The fourth-order valence-corrected chi connectivity index (χ4v) is 2.08. The third kappa shape index (κ3) is 2.65. The maximum absolute atomic E-state index is 10.6. The van der Waals surface area contributed by atoms with Crippen LogP contribution in [0.4, 0.5) is 0 Å². The molecule has 0 fully saturated rings. The molecule has 1 heterocycles. The summed E-state index contributed by atoms with van der Waals surface area (Å²) >= 11 is 0. The van der Waals surface area contributed by atoms with E-state index in [2.05, 4.69) is 4.98 Å². The van der Waals surface area contributed by atoms with Crippen molar-refractivity contribution in [1.82, 2.24) is 4.98 Å². The van der Waals surface area contributed by atoms with Crippen molar-refractivity contribution in [2.24, 2.45) is 5.73 Å². The van der Waals surface area contributed by atoms with Crippen LogP contribution in [0.3, 0.4) is 0 Å². The molecular weight excluding hydrogens is 228 g/mol. The van der Waals surface area contributed by atoms with Crippen molar-refractivity contribution < 1.29 is 9.90 Å². The summed E-state index contributed by atoms with van der Waals surface area (Å²) in [7, 11) is 0. The molecule has 0 amide bonds. The number of para-hydroxylation sites is 1. The monoisotopic (exact) mass is 244 g/mol. The summed E-state index contributed by atoms with van der Waals surface area (Å²) in [5.74, 6) is -0.819. The number of carboxylic acids is 1. The second kappa shape index (κ2) is 5.14. The molecule has 0 radical (unpaired) electrons. The van der Waals surface area contributed by atoms with E-state index in [4.69, 9.17) is 10.8 Å². The average Bonchev–Trinajstić information content (AvgIpc) is 2.34. The second-order valence-corrected chi connectivity index (χ2v) is 4.41. The van der Waals surface area contributed by atoms with Gasteiger partial charge in [-0.1, -0.05) is 18.2 Å². The molecule has 18 heavy (non-hydrogen) atoms. The number of carboxylic acid groups (broad SMARTS) is 1. The van der Waals surface area contributed by atoms with E-state index in [-0.39, 0.29) is 12.5 Å². The zero-order valence-corrected chi connectivity index (χ0v) is 10.3. The van der Waals surface area contributed by atoms with Gasteiger partial charge in [0.15, 0.2) is 0 Å². The van der Waals surface area contributed by atoms with Crippen LogP contribution in [-0.4, -0.2) is 16.1 Å². The first kappa shape index (κ1) is 12.5. The Kier molecular flexibility index (Phi) is 3.58. The van der Waals surface area contributed by atoms with Crippen molar-refractivity contribution in [3.63, 3.8) is 0 Å². The summed E-state index contributed by atoms with van der Waals surface area (Å²) in [5.41, 5.74) is 8.86. The van der Waals surface area contributed by atoms with Crippen molar-refractivity contribution in [2.75, 3.05) is 0 Å². The first-order valence-corrected chi connectivity index (χ1v) is 5.91. The predicted molar refractivity (Wildman–Crippen MR) is 70.3 cm³/mol. The summed E-state index contributed by atoms with van der Waals surface area (Å²) in [5, 5.41) is 9.71. The van der Waals surface area contributed by atoms with Gasteiger partial charge in [-0.05, 0) is 31.0 Å². The Hall–Kier alpha value is -1.94. The molecule has 0 saturated carbocycles. The molecule has 0 spiro atoms. The minimum Gasteiger partial charge on any atom is -0.481 e. The fourth-order valence-electron chi connectivity index (χ4n) is 2.08. The van der Waals surface area contributed by atoms with Crippen molar-refractivity contribution >= 4 is 16.9 Å². The first-order valence-electron chi connectivity index (χ1n) is 5.91. The van der Waals surface area contributed by atoms with Crippen LogP contribution in [-0.2, 0) is 4.79 Å². The van der Waals surface area contributed by atoms with E-state index in [0.29, 0.717) is 6.42 Å². The van der Waals surface area contributed by atoms with Crippen molar-refractivity contribution in [2.45, 2.75) is 25.8 Å². The van der Waals surface area contributed by atoms with Crippen LogP contribution in [0.2, 0.25) is 0 Å². The molecule has 0 saturated heterocycles. The van der Waals surface area contributed by atoms with Gasteiger partial charge in [0.25, 0.3) is 0 Å². The highest BCUT2D eigenvalue weighted by atomic mass is 16.4. The van der Waals surface area contributed by atoms with Crippen LogP contribution in [0, 0.1) is 6.92 Å². The Balaban J connectivity index is 2.39. The number of fused-ring (bicyclic) bond motifs is 1. The summed E-state index contributed by atoms with van der Waals surface area (Å²) in [6.07, 6.45) is 0.514. The van der Waals surface area contributed by atoms with E-state index in [1.54, 1.807) is 0 Å². The van der Waals surface area contributed by atoms with Crippen LogP contribution < -0.4 is 5.73 Å². The van der Waals surface area contributed by atoms with Crippen molar-refractivity contribution in [3.05, 3.63) is 41.6 Å². The molecule has 2 rings (SSSR count). The third-order valence-electron chi connectivity index (χ3n) is 2.94. The second-order valence-electron chi connectivity index (χ2n) is 4.41. The SMILES string of the molecule is Cc1cc(C(N)CCC(=O)O)c2ccccc2n1. The van der Waals surface area contributed by atoms with Crippen LogP contribution in [0.5, 0.6) is 0 Å². The molecule has 1 unspecified atom stereocenters. The highest BCUT2D eigenvalue weighted by molar-refractivity contribution is 5.82. The highest BCUT2D eigenvalue weighted by Gasteiger charge is 2.12. The van der Waals surface area contributed by atoms with Gasteiger partial charge in [0.05, 0.1) is 5.52 Å². The standard InChI is InChI=1S/C14H16N2O2/c1-9-8-11(12(15)6-7-14(17)18)10-4-2-3-5-13(10)16-9/h2-5,8,12H,6-7,15H2,1H3,(H,17,18). The van der Waals surface area contributed by atoms with E-state index < -0.39 is 5.97 Å². The predicted octanol–water partition coefficient (Wildman–Crippen LogP) is 2.41. The maximum atomic E-state index is 10.6. The van der Waals surface area contributed by atoms with Gasteiger partial charge >= 0.3 is 5.97 Å². The summed E-state index contributed by atoms with van der Waals surface area (Å²) < 4.78 is 0. The Labute approximate surface area is 105 Å². The molecule has 1 aromatic carbocycles. The van der Waals surface area contributed by atoms with Gasteiger partial charge in [-0.2, -0.15) is 0 Å². The molecule has 0 aliphatic rings. The zero-order valence-electron chi connectivity index (χ0n) is 10.3. The fraction of sp³-hybridized carbons (Fsp3) is 0.286. The Bertz CT molecular complexity index is 581. The van der Waals surface area contributed by atoms with Gasteiger partial charge in [-0.25, -0.2) is 0 Å². The number of aromatic nitrogens is 1. The Morgan fingerprint density at radius 3 is 2.89 bits per heavy atom. The summed E-state index contributed by atoms with van der Waals surface area (Å²) in [4.78, 5) is 15.0. The third-order valence-corrected chi connectivity index (χ3v) is 2.94. The topological polar surface area (TPSA) is 76.2 Å². The van der Waals surface area contributed by atoms with Gasteiger partial charge in [0.2, 0.25) is 0 Å². The molecule has 0 aliphatic carbocycles. The quantitative estimate of drug-likeness (QED) is 0.865. The lowest BCUT2D eigenvalue weighted by atomic mass is 9.98. The molecular formula is C14H16N2O2. The highest BCUT2D eigenvalue weighted by Crippen LogP contribution is 2.25. The molecule has 4 nitrogen and oxygen atoms in total. The lowest BCUT2D eigenvalue weighted by Gasteiger charge is -2.14. The number of benzene rings is 1. The minimum absolute atomic E-state index is 0.0802. The van der Waals surface area contributed by atoms with Crippen molar-refractivity contribution in [1.29, 1.82) is 0 Å². The van der Waals surface area contributed by atoms with E-state index in [1.165, 1.54) is 0 Å². The van der Waals surface area contributed by atoms with E-state index in [1.807, 2.05) is 37.3 Å². The van der Waals surface area contributed by atoms with E-state index in [0.717, 1.165) is 22.2 Å². The van der Waals surface area contributed by atoms with Crippen molar-refractivity contribution in [3.8, 4) is 0 Å². The van der Waals surface area contributed by atoms with Crippen LogP contribution in [0.25, 0.3) is 10.9 Å². The number of nitrogens with two attached hydrogens (primary N) is 1. The number of rotatable bonds is 4. The molecule has 2 aromatic rings. The Morgan fingerprint density at radius 1 is 1.44 bits per heavy atom. The maximum Gasteiger partial charge on any atom is 0.303 e. The number of nitrogens with zero attached hydrogens (tertiary/aromatic N) is 1. The molecule has 0 aliphatic heterocycles. The van der Waals surface area contributed by atoms with Crippen LogP contribution in [0.15, 0.2) is 30.3 Å². The molecule has 1 aromatic heterocycles. The number of hydrogen-bond acceptors (Lipinski definition) is 3. The molecule has 0 bridgehead atoms. The van der Waals surface area contributed by atoms with E-state index >= 15 is 0 Å². The minimum atomic E-state index is -0.819. The van der Waals surface area contributed by atoms with Gasteiger partial charge in [-0.3, -0.25) is 9.78 Å². The zero-order chi connectivity index (χ0) is 13.1. The van der Waals surface area contributed by atoms with Gasteiger partial charge in [0, 0.05) is 23.5 Å². The molecule has 1 atom stereocenters. The average molecular weight is 244 g/mol.